The van der Waals surface area contributed by atoms with E-state index in [1.165, 1.54) is 6.07 Å². The van der Waals surface area contributed by atoms with E-state index in [4.69, 9.17) is 11.5 Å². The number of nitrogen functional groups attached to an aromatic ring is 2. The standard InChI is InChI=1S/C14H10F3N5/c15-14(16,17)7-3-4-9(21-6-7)10-11(18)8-2-1-5-20-13(8)22-12(10)19/h1-6H,(H4,18,19,20,22). The van der Waals surface area contributed by atoms with Crippen LogP contribution in [0.1, 0.15) is 5.56 Å². The summed E-state index contributed by atoms with van der Waals surface area (Å²) >= 11 is 0. The molecule has 0 aliphatic rings. The van der Waals surface area contributed by atoms with Gasteiger partial charge in [-0.2, -0.15) is 13.2 Å². The lowest BCUT2D eigenvalue weighted by Gasteiger charge is -2.12. The summed E-state index contributed by atoms with van der Waals surface area (Å²) in [6.07, 6.45) is -2.17. The number of alkyl halides is 3. The molecule has 0 aromatic carbocycles. The molecule has 0 aliphatic heterocycles. The third-order valence-corrected chi connectivity index (χ3v) is 3.18. The molecule has 0 saturated heterocycles. The number of nitrogens with zero attached hydrogens (tertiary/aromatic N) is 3. The Morgan fingerprint density at radius 1 is 1.00 bits per heavy atom. The van der Waals surface area contributed by atoms with Gasteiger partial charge in [-0.05, 0) is 24.3 Å². The number of pyridine rings is 3. The minimum absolute atomic E-state index is 0.0657. The number of hydrogen-bond acceptors (Lipinski definition) is 5. The van der Waals surface area contributed by atoms with Crippen LogP contribution in [0.25, 0.3) is 22.3 Å². The Bertz CT molecular complexity index is 843. The van der Waals surface area contributed by atoms with Crippen molar-refractivity contribution in [2.45, 2.75) is 6.18 Å². The number of anilines is 2. The van der Waals surface area contributed by atoms with Crippen molar-refractivity contribution in [1.29, 1.82) is 0 Å². The molecule has 0 bridgehead atoms. The van der Waals surface area contributed by atoms with Gasteiger partial charge in [-0.1, -0.05) is 0 Å². The van der Waals surface area contributed by atoms with Crippen molar-refractivity contribution >= 4 is 22.5 Å². The molecule has 4 N–H and O–H groups in total. The SMILES string of the molecule is Nc1nc2ncccc2c(N)c1-c1ccc(C(F)(F)F)cn1. The van der Waals surface area contributed by atoms with Crippen molar-refractivity contribution < 1.29 is 13.2 Å². The molecular weight excluding hydrogens is 295 g/mol. The summed E-state index contributed by atoms with van der Waals surface area (Å²) < 4.78 is 37.7. The summed E-state index contributed by atoms with van der Waals surface area (Å²) in [7, 11) is 0. The zero-order valence-corrected chi connectivity index (χ0v) is 11.1. The van der Waals surface area contributed by atoms with Crippen LogP contribution in [0.5, 0.6) is 0 Å². The molecule has 0 atom stereocenters. The Balaban J connectivity index is 2.18. The Hall–Kier alpha value is -2.90. The maximum Gasteiger partial charge on any atom is 0.417 e. The fraction of sp³-hybridized carbons (Fsp3) is 0.0714. The van der Waals surface area contributed by atoms with E-state index < -0.39 is 11.7 Å². The van der Waals surface area contributed by atoms with Crippen molar-refractivity contribution in [3.63, 3.8) is 0 Å². The smallest absolute Gasteiger partial charge is 0.397 e. The van der Waals surface area contributed by atoms with Crippen LogP contribution in [0.15, 0.2) is 36.7 Å². The molecule has 0 amide bonds. The van der Waals surface area contributed by atoms with E-state index in [0.29, 0.717) is 16.6 Å². The van der Waals surface area contributed by atoms with Crippen LogP contribution in [0.3, 0.4) is 0 Å². The van der Waals surface area contributed by atoms with Crippen LogP contribution < -0.4 is 11.5 Å². The molecule has 0 saturated carbocycles. The Labute approximate surface area is 122 Å². The van der Waals surface area contributed by atoms with Gasteiger partial charge in [0.15, 0.2) is 5.65 Å². The highest BCUT2D eigenvalue weighted by Crippen LogP contribution is 2.35. The van der Waals surface area contributed by atoms with Crippen LogP contribution in [-0.2, 0) is 6.18 Å². The summed E-state index contributed by atoms with van der Waals surface area (Å²) in [5, 5.41) is 0.563. The summed E-state index contributed by atoms with van der Waals surface area (Å²) in [6, 6.07) is 5.53. The molecule has 0 aliphatic carbocycles. The second-order valence-electron chi connectivity index (χ2n) is 4.59. The maximum atomic E-state index is 12.6. The van der Waals surface area contributed by atoms with Gasteiger partial charge in [-0.3, -0.25) is 4.98 Å². The lowest BCUT2D eigenvalue weighted by atomic mass is 10.1. The van der Waals surface area contributed by atoms with Gasteiger partial charge in [0.05, 0.1) is 22.5 Å². The average molecular weight is 305 g/mol. The number of halogens is 3. The van der Waals surface area contributed by atoms with Gasteiger partial charge >= 0.3 is 6.18 Å². The van der Waals surface area contributed by atoms with Crippen molar-refractivity contribution in [1.82, 2.24) is 15.0 Å². The first-order valence-corrected chi connectivity index (χ1v) is 6.21. The van der Waals surface area contributed by atoms with Crippen molar-refractivity contribution in [3.8, 4) is 11.3 Å². The number of fused-ring (bicyclic) bond motifs is 1. The lowest BCUT2D eigenvalue weighted by Crippen LogP contribution is -2.06. The molecule has 5 nitrogen and oxygen atoms in total. The Morgan fingerprint density at radius 2 is 1.77 bits per heavy atom. The van der Waals surface area contributed by atoms with Gasteiger partial charge in [0.25, 0.3) is 0 Å². The molecule has 8 heteroatoms. The summed E-state index contributed by atoms with van der Waals surface area (Å²) in [4.78, 5) is 12.0. The molecule has 0 unspecified atom stereocenters. The second kappa shape index (κ2) is 4.83. The number of aromatic nitrogens is 3. The molecule has 0 fully saturated rings. The van der Waals surface area contributed by atoms with Crippen LogP contribution in [0.2, 0.25) is 0 Å². The molecule has 0 spiro atoms. The van der Waals surface area contributed by atoms with Crippen molar-refractivity contribution in [2.24, 2.45) is 0 Å². The van der Waals surface area contributed by atoms with Crippen molar-refractivity contribution in [3.05, 3.63) is 42.2 Å². The molecule has 0 radical (unpaired) electrons. The van der Waals surface area contributed by atoms with Crippen LogP contribution in [0.4, 0.5) is 24.7 Å². The van der Waals surface area contributed by atoms with E-state index in [0.717, 1.165) is 12.3 Å². The van der Waals surface area contributed by atoms with Gasteiger partial charge in [0, 0.05) is 17.8 Å². The van der Waals surface area contributed by atoms with Crippen LogP contribution in [-0.4, -0.2) is 15.0 Å². The second-order valence-corrected chi connectivity index (χ2v) is 4.59. The topological polar surface area (TPSA) is 90.7 Å². The molecule has 3 rings (SSSR count). The zero-order chi connectivity index (χ0) is 15.9. The molecule has 112 valence electrons. The minimum Gasteiger partial charge on any atom is -0.397 e. The van der Waals surface area contributed by atoms with Gasteiger partial charge in [0.1, 0.15) is 5.82 Å². The average Bonchev–Trinajstić information content (AvgIpc) is 2.47. The molecule has 3 aromatic heterocycles. The Morgan fingerprint density at radius 3 is 2.41 bits per heavy atom. The van der Waals surface area contributed by atoms with Gasteiger partial charge in [-0.15, -0.1) is 0 Å². The van der Waals surface area contributed by atoms with Gasteiger partial charge < -0.3 is 11.5 Å². The Kier molecular flexibility index (Phi) is 3.09. The first-order valence-electron chi connectivity index (χ1n) is 6.21. The van der Waals surface area contributed by atoms with Crippen LogP contribution in [0, 0.1) is 0 Å². The summed E-state index contributed by atoms with van der Waals surface area (Å²) in [6.45, 7) is 0. The molecule has 3 aromatic rings. The third kappa shape index (κ3) is 2.28. The fourth-order valence-electron chi connectivity index (χ4n) is 2.12. The van der Waals surface area contributed by atoms with Crippen molar-refractivity contribution in [2.75, 3.05) is 11.5 Å². The number of nitrogens with two attached hydrogens (primary N) is 2. The van der Waals surface area contributed by atoms with E-state index in [-0.39, 0.29) is 17.2 Å². The first-order chi connectivity index (χ1) is 10.4. The van der Waals surface area contributed by atoms with E-state index in [2.05, 4.69) is 15.0 Å². The molecule has 3 heterocycles. The quantitative estimate of drug-likeness (QED) is 0.721. The predicted octanol–water partition coefficient (Wildman–Crippen LogP) is 2.88. The zero-order valence-electron chi connectivity index (χ0n) is 11.1. The maximum absolute atomic E-state index is 12.6. The van der Waals surface area contributed by atoms with E-state index in [1.54, 1.807) is 18.3 Å². The monoisotopic (exact) mass is 305 g/mol. The number of hydrogen-bond donors (Lipinski definition) is 2. The fourth-order valence-corrected chi connectivity index (χ4v) is 2.12. The lowest BCUT2D eigenvalue weighted by molar-refractivity contribution is -0.137. The number of rotatable bonds is 1. The van der Waals surface area contributed by atoms with E-state index >= 15 is 0 Å². The predicted molar refractivity (Wildman–Crippen MR) is 76.6 cm³/mol. The first kappa shape index (κ1) is 14.1. The molecule has 22 heavy (non-hydrogen) atoms. The highest BCUT2D eigenvalue weighted by molar-refractivity contribution is 6.00. The minimum atomic E-state index is -4.45. The van der Waals surface area contributed by atoms with E-state index in [1.807, 2.05) is 0 Å². The highest BCUT2D eigenvalue weighted by atomic mass is 19.4. The highest BCUT2D eigenvalue weighted by Gasteiger charge is 2.30. The van der Waals surface area contributed by atoms with Gasteiger partial charge in [-0.25, -0.2) is 9.97 Å². The summed E-state index contributed by atoms with van der Waals surface area (Å²) in [5.74, 6) is 0.0657. The normalized spacial score (nSPS) is 11.8. The largest absolute Gasteiger partial charge is 0.417 e. The third-order valence-electron chi connectivity index (χ3n) is 3.18. The van der Waals surface area contributed by atoms with Gasteiger partial charge in [0.2, 0.25) is 0 Å². The van der Waals surface area contributed by atoms with Crippen LogP contribution >= 0.6 is 0 Å². The molecular formula is C14H10F3N5. The van der Waals surface area contributed by atoms with E-state index in [9.17, 15) is 13.2 Å². The summed E-state index contributed by atoms with van der Waals surface area (Å²) in [5.41, 5.74) is 12.2.